The Labute approximate surface area is 164 Å². The fraction of sp³-hybridized carbons (Fsp3) is 0.211. The van der Waals surface area contributed by atoms with E-state index in [0.717, 1.165) is 6.26 Å². The molecule has 0 amide bonds. The minimum absolute atomic E-state index is 0.00672. The lowest BCUT2D eigenvalue weighted by molar-refractivity contribution is 0.358. The van der Waals surface area contributed by atoms with Crippen LogP contribution in [0, 0.1) is 6.92 Å². The average Bonchev–Trinajstić information content (AvgIpc) is 3.14. The van der Waals surface area contributed by atoms with E-state index in [1.165, 1.54) is 28.8 Å². The maximum Gasteiger partial charge on any atom is 0.244 e. The Bertz CT molecular complexity index is 1160. The summed E-state index contributed by atoms with van der Waals surface area (Å²) < 4.78 is 57.3. The van der Waals surface area contributed by atoms with Crippen LogP contribution in [-0.4, -0.2) is 32.4 Å². The minimum Gasteiger partial charge on any atom is -0.468 e. The Morgan fingerprint density at radius 2 is 1.82 bits per heavy atom. The van der Waals surface area contributed by atoms with Gasteiger partial charge >= 0.3 is 0 Å². The third-order valence-corrected chi connectivity index (χ3v) is 7.24. The van der Waals surface area contributed by atoms with Crippen molar-refractivity contribution < 1.29 is 21.3 Å². The van der Waals surface area contributed by atoms with E-state index < -0.39 is 19.9 Å². The Hall–Kier alpha value is -2.49. The van der Waals surface area contributed by atoms with E-state index in [1.807, 2.05) is 0 Å². The van der Waals surface area contributed by atoms with Crippen LogP contribution in [0.3, 0.4) is 0 Å². The smallest absolute Gasteiger partial charge is 0.244 e. The first kappa shape index (κ1) is 20.2. The largest absolute Gasteiger partial charge is 0.468 e. The Kier molecular flexibility index (Phi) is 5.69. The van der Waals surface area contributed by atoms with Crippen LogP contribution in [0.25, 0.3) is 0 Å². The highest BCUT2D eigenvalue weighted by Crippen LogP contribution is 2.26. The van der Waals surface area contributed by atoms with Crippen molar-refractivity contribution in [1.82, 2.24) is 9.29 Å². The number of aryl methyl sites for hydroxylation is 1. The summed E-state index contributed by atoms with van der Waals surface area (Å²) >= 11 is 0. The number of rotatable bonds is 7. The van der Waals surface area contributed by atoms with Gasteiger partial charge in [0, 0.05) is 25.2 Å². The van der Waals surface area contributed by atoms with Crippen LogP contribution in [0.2, 0.25) is 0 Å². The number of furan rings is 1. The SMILES string of the molecule is Cc1ccc(S(C)(=O)=O)cc1S(=O)(=O)N(Cc1cccnc1)Cc1ccco1. The molecule has 2 aromatic heterocycles. The first-order chi connectivity index (χ1) is 13.2. The molecule has 3 rings (SSSR count). The van der Waals surface area contributed by atoms with Gasteiger partial charge in [-0.2, -0.15) is 4.31 Å². The number of sulfone groups is 1. The highest BCUT2D eigenvalue weighted by Gasteiger charge is 2.28. The third kappa shape index (κ3) is 4.49. The topological polar surface area (TPSA) is 97.5 Å². The molecule has 0 saturated carbocycles. The lowest BCUT2D eigenvalue weighted by Crippen LogP contribution is -2.31. The number of pyridine rings is 1. The predicted molar refractivity (Wildman–Crippen MR) is 104 cm³/mol. The Morgan fingerprint density at radius 3 is 2.43 bits per heavy atom. The van der Waals surface area contributed by atoms with Gasteiger partial charge in [-0.1, -0.05) is 12.1 Å². The maximum atomic E-state index is 13.4. The van der Waals surface area contributed by atoms with Gasteiger partial charge in [-0.05, 0) is 48.4 Å². The number of aromatic nitrogens is 1. The molecule has 0 aliphatic rings. The average molecular weight is 421 g/mol. The van der Waals surface area contributed by atoms with Crippen LogP contribution in [0.4, 0.5) is 0 Å². The second-order valence-corrected chi connectivity index (χ2v) is 10.3. The molecule has 0 bridgehead atoms. The molecule has 0 N–H and O–H groups in total. The molecule has 1 aromatic carbocycles. The standard InChI is InChI=1S/C19H20N2O5S2/c1-15-7-8-18(27(2,22)23)11-19(15)28(24,25)21(14-17-6-4-10-26-17)13-16-5-3-9-20-12-16/h3-12H,13-14H2,1-2H3. The van der Waals surface area contributed by atoms with E-state index in [-0.39, 0.29) is 22.9 Å². The van der Waals surface area contributed by atoms with Crippen molar-refractivity contribution in [2.24, 2.45) is 0 Å². The lowest BCUT2D eigenvalue weighted by atomic mass is 10.2. The molecule has 3 aromatic rings. The van der Waals surface area contributed by atoms with Crippen LogP contribution >= 0.6 is 0 Å². The van der Waals surface area contributed by atoms with Crippen molar-refractivity contribution >= 4 is 19.9 Å². The van der Waals surface area contributed by atoms with Crippen molar-refractivity contribution in [1.29, 1.82) is 0 Å². The van der Waals surface area contributed by atoms with Gasteiger partial charge in [0.25, 0.3) is 0 Å². The van der Waals surface area contributed by atoms with Gasteiger partial charge < -0.3 is 4.42 Å². The van der Waals surface area contributed by atoms with E-state index in [0.29, 0.717) is 16.9 Å². The van der Waals surface area contributed by atoms with Crippen LogP contribution in [0.1, 0.15) is 16.9 Å². The van der Waals surface area contributed by atoms with Gasteiger partial charge in [-0.15, -0.1) is 0 Å². The summed E-state index contributed by atoms with van der Waals surface area (Å²) in [6.45, 7) is 1.71. The van der Waals surface area contributed by atoms with Crippen molar-refractivity contribution in [3.05, 3.63) is 78.0 Å². The molecule has 0 fully saturated rings. The number of sulfonamides is 1. The summed E-state index contributed by atoms with van der Waals surface area (Å²) in [6.07, 6.45) is 5.71. The van der Waals surface area contributed by atoms with Gasteiger partial charge in [0.15, 0.2) is 9.84 Å². The van der Waals surface area contributed by atoms with Gasteiger partial charge in [0.1, 0.15) is 5.76 Å². The summed E-state index contributed by atoms with van der Waals surface area (Å²) in [7, 11) is -7.56. The highest BCUT2D eigenvalue weighted by molar-refractivity contribution is 7.91. The summed E-state index contributed by atoms with van der Waals surface area (Å²) in [5, 5.41) is 0. The zero-order valence-electron chi connectivity index (χ0n) is 15.4. The van der Waals surface area contributed by atoms with Gasteiger partial charge in [-0.25, -0.2) is 16.8 Å². The third-order valence-electron chi connectivity index (χ3n) is 4.20. The molecule has 7 nitrogen and oxygen atoms in total. The van der Waals surface area contributed by atoms with E-state index in [9.17, 15) is 16.8 Å². The van der Waals surface area contributed by atoms with Crippen molar-refractivity contribution in [3.8, 4) is 0 Å². The summed E-state index contributed by atoms with van der Waals surface area (Å²) in [5.74, 6) is 0.476. The van der Waals surface area contributed by atoms with E-state index in [2.05, 4.69) is 4.98 Å². The number of benzene rings is 1. The zero-order chi connectivity index (χ0) is 20.4. The lowest BCUT2D eigenvalue weighted by Gasteiger charge is -2.22. The van der Waals surface area contributed by atoms with Crippen LogP contribution in [-0.2, 0) is 33.0 Å². The molecule has 0 spiro atoms. The molecule has 0 aliphatic carbocycles. The molecule has 148 valence electrons. The molecule has 0 atom stereocenters. The van der Waals surface area contributed by atoms with E-state index in [1.54, 1.807) is 43.6 Å². The number of hydrogen-bond acceptors (Lipinski definition) is 6. The minimum atomic E-state index is -4.01. The summed E-state index contributed by atoms with van der Waals surface area (Å²) in [5.41, 5.74) is 1.16. The first-order valence-corrected chi connectivity index (χ1v) is 11.7. The highest BCUT2D eigenvalue weighted by atomic mass is 32.2. The normalized spacial score (nSPS) is 12.4. The molecule has 0 unspecified atom stereocenters. The van der Waals surface area contributed by atoms with Gasteiger partial charge in [-0.3, -0.25) is 4.98 Å². The zero-order valence-corrected chi connectivity index (χ0v) is 17.1. The summed E-state index contributed by atoms with van der Waals surface area (Å²) in [6, 6.07) is 11.0. The molecule has 0 radical (unpaired) electrons. The van der Waals surface area contributed by atoms with Crippen LogP contribution < -0.4 is 0 Å². The second-order valence-electron chi connectivity index (χ2n) is 6.41. The molecular formula is C19H20N2O5S2. The fourth-order valence-corrected chi connectivity index (χ4v) is 5.09. The van der Waals surface area contributed by atoms with Crippen LogP contribution in [0.15, 0.2) is 75.3 Å². The van der Waals surface area contributed by atoms with Gasteiger partial charge in [0.2, 0.25) is 10.0 Å². The molecular weight excluding hydrogens is 400 g/mol. The number of nitrogens with zero attached hydrogens (tertiary/aromatic N) is 2. The quantitative estimate of drug-likeness (QED) is 0.583. The second kappa shape index (κ2) is 7.86. The van der Waals surface area contributed by atoms with E-state index >= 15 is 0 Å². The maximum absolute atomic E-state index is 13.4. The number of hydrogen-bond donors (Lipinski definition) is 0. The molecule has 2 heterocycles. The molecule has 0 aliphatic heterocycles. The van der Waals surface area contributed by atoms with Gasteiger partial charge in [0.05, 0.1) is 22.6 Å². The molecule has 0 saturated heterocycles. The first-order valence-electron chi connectivity index (χ1n) is 8.40. The van der Waals surface area contributed by atoms with Crippen molar-refractivity contribution in [3.63, 3.8) is 0 Å². The van der Waals surface area contributed by atoms with Crippen molar-refractivity contribution in [2.45, 2.75) is 29.8 Å². The van der Waals surface area contributed by atoms with Crippen LogP contribution in [0.5, 0.6) is 0 Å². The molecule has 28 heavy (non-hydrogen) atoms. The van der Waals surface area contributed by atoms with E-state index in [4.69, 9.17) is 4.42 Å². The fourth-order valence-electron chi connectivity index (χ4n) is 2.73. The van der Waals surface area contributed by atoms with Crippen molar-refractivity contribution in [2.75, 3.05) is 6.26 Å². The molecule has 9 heteroatoms. The Morgan fingerprint density at radius 1 is 1.04 bits per heavy atom. The Balaban J connectivity index is 2.07. The monoisotopic (exact) mass is 420 g/mol. The predicted octanol–water partition coefficient (Wildman–Crippen LogP) is 2.78. The summed E-state index contributed by atoms with van der Waals surface area (Å²) in [4.78, 5) is 3.93.